The topological polar surface area (TPSA) is 101 Å². The van der Waals surface area contributed by atoms with Crippen LogP contribution >= 0.6 is 0 Å². The molecular weight excluding hydrogens is 243 g/mol. The van der Waals surface area contributed by atoms with Gasteiger partial charge >= 0.3 is 5.69 Å². The van der Waals surface area contributed by atoms with Gasteiger partial charge in [0, 0.05) is 17.7 Å². The van der Waals surface area contributed by atoms with E-state index in [4.69, 9.17) is 0 Å². The monoisotopic (exact) mass is 250 g/mol. The van der Waals surface area contributed by atoms with E-state index in [1.165, 1.54) is 12.3 Å². The Hall–Kier alpha value is -2.77. The zero-order valence-electron chi connectivity index (χ0n) is 8.88. The minimum Gasteiger partial charge on any atom is -0.307 e. The molecule has 2 aromatic rings. The van der Waals surface area contributed by atoms with Gasteiger partial charge < -0.3 is 5.32 Å². The van der Waals surface area contributed by atoms with Crippen LogP contribution in [0.3, 0.4) is 0 Å². The van der Waals surface area contributed by atoms with Crippen LogP contribution in [0.25, 0.3) is 0 Å². The number of halogens is 1. The highest BCUT2D eigenvalue weighted by molar-refractivity contribution is 6.04. The summed E-state index contributed by atoms with van der Waals surface area (Å²) < 4.78 is 13.1. The lowest BCUT2D eigenvalue weighted by Crippen LogP contribution is -2.12. The largest absolute Gasteiger partial charge is 0.307 e. The van der Waals surface area contributed by atoms with Gasteiger partial charge in [-0.05, 0) is 12.1 Å². The molecule has 1 amide bonds. The molecule has 7 nitrogen and oxygen atoms in total. The number of hydrogen-bond donors (Lipinski definition) is 2. The van der Waals surface area contributed by atoms with Crippen LogP contribution in [0.15, 0.2) is 30.5 Å². The first-order chi connectivity index (χ1) is 8.58. The number of nitro benzene ring substituents is 1. The molecule has 0 spiro atoms. The molecule has 0 saturated heterocycles. The lowest BCUT2D eigenvalue weighted by Gasteiger charge is -2.02. The lowest BCUT2D eigenvalue weighted by atomic mass is 10.2. The van der Waals surface area contributed by atoms with Crippen LogP contribution in [0.2, 0.25) is 0 Å². The molecule has 1 aromatic carbocycles. The van der Waals surface area contributed by atoms with Crippen LogP contribution < -0.4 is 5.32 Å². The zero-order chi connectivity index (χ0) is 13.1. The molecule has 0 aliphatic heterocycles. The third-order valence-corrected chi connectivity index (χ3v) is 2.15. The number of rotatable bonds is 3. The summed E-state index contributed by atoms with van der Waals surface area (Å²) >= 11 is 0. The van der Waals surface area contributed by atoms with Gasteiger partial charge in [0.05, 0.1) is 11.1 Å². The fourth-order valence-electron chi connectivity index (χ4n) is 1.31. The average molecular weight is 250 g/mol. The SMILES string of the molecule is O=C(Nc1ccn[nH]1)c1ccc(F)c([N+](=O)[O-])c1. The van der Waals surface area contributed by atoms with E-state index in [0.29, 0.717) is 5.82 Å². The number of carbonyl (C=O) groups is 1. The van der Waals surface area contributed by atoms with Crippen LogP contribution in [0, 0.1) is 15.9 Å². The van der Waals surface area contributed by atoms with E-state index in [0.717, 1.165) is 18.2 Å². The number of aromatic amines is 1. The first-order valence-corrected chi connectivity index (χ1v) is 4.82. The van der Waals surface area contributed by atoms with E-state index in [-0.39, 0.29) is 5.56 Å². The van der Waals surface area contributed by atoms with Crippen LogP contribution in [0.1, 0.15) is 10.4 Å². The Morgan fingerprint density at radius 1 is 1.44 bits per heavy atom. The maximum Gasteiger partial charge on any atom is 0.305 e. The van der Waals surface area contributed by atoms with Crippen LogP contribution in [-0.2, 0) is 0 Å². The minimum atomic E-state index is -0.988. The number of anilines is 1. The number of amides is 1. The van der Waals surface area contributed by atoms with Crippen LogP contribution in [0.5, 0.6) is 0 Å². The number of nitro groups is 1. The summed E-state index contributed by atoms with van der Waals surface area (Å²) in [5.41, 5.74) is -0.759. The van der Waals surface area contributed by atoms with Crippen molar-refractivity contribution in [3.8, 4) is 0 Å². The third-order valence-electron chi connectivity index (χ3n) is 2.15. The molecule has 2 N–H and O–H groups in total. The first kappa shape index (κ1) is 11.7. The summed E-state index contributed by atoms with van der Waals surface area (Å²) in [6.45, 7) is 0. The Morgan fingerprint density at radius 2 is 2.22 bits per heavy atom. The molecule has 0 aliphatic carbocycles. The number of carbonyl (C=O) groups excluding carboxylic acids is 1. The molecule has 0 radical (unpaired) electrons. The molecule has 1 heterocycles. The fourth-order valence-corrected chi connectivity index (χ4v) is 1.31. The molecule has 0 unspecified atom stereocenters. The molecule has 0 atom stereocenters. The minimum absolute atomic E-state index is 0.0160. The van der Waals surface area contributed by atoms with Crippen molar-refractivity contribution in [1.29, 1.82) is 0 Å². The highest BCUT2D eigenvalue weighted by Gasteiger charge is 2.17. The van der Waals surface area contributed by atoms with E-state index < -0.39 is 22.3 Å². The van der Waals surface area contributed by atoms with E-state index >= 15 is 0 Å². The summed E-state index contributed by atoms with van der Waals surface area (Å²) in [5.74, 6) is -1.24. The van der Waals surface area contributed by atoms with Gasteiger partial charge in [-0.25, -0.2) is 0 Å². The highest BCUT2D eigenvalue weighted by Crippen LogP contribution is 2.19. The summed E-state index contributed by atoms with van der Waals surface area (Å²) in [6, 6.07) is 4.42. The van der Waals surface area contributed by atoms with E-state index in [1.807, 2.05) is 0 Å². The van der Waals surface area contributed by atoms with Crippen molar-refractivity contribution in [1.82, 2.24) is 10.2 Å². The maximum atomic E-state index is 13.1. The number of hydrogen-bond acceptors (Lipinski definition) is 4. The van der Waals surface area contributed by atoms with Gasteiger partial charge in [-0.3, -0.25) is 20.0 Å². The second-order valence-electron chi connectivity index (χ2n) is 3.35. The second kappa shape index (κ2) is 4.62. The quantitative estimate of drug-likeness (QED) is 0.639. The number of nitrogens with one attached hydrogen (secondary N) is 2. The predicted molar refractivity (Wildman–Crippen MR) is 59.6 cm³/mol. The van der Waals surface area contributed by atoms with Crippen molar-refractivity contribution < 1.29 is 14.1 Å². The summed E-state index contributed by atoms with van der Waals surface area (Å²) in [7, 11) is 0. The summed E-state index contributed by atoms with van der Waals surface area (Å²) in [6.07, 6.45) is 1.43. The summed E-state index contributed by atoms with van der Waals surface area (Å²) in [4.78, 5) is 21.3. The Bertz CT molecular complexity index is 597. The first-order valence-electron chi connectivity index (χ1n) is 4.82. The number of benzene rings is 1. The van der Waals surface area contributed by atoms with Gasteiger partial charge in [0.25, 0.3) is 5.91 Å². The lowest BCUT2D eigenvalue weighted by molar-refractivity contribution is -0.387. The van der Waals surface area contributed by atoms with E-state index in [2.05, 4.69) is 15.5 Å². The number of aromatic nitrogens is 2. The van der Waals surface area contributed by atoms with Crippen molar-refractivity contribution >= 4 is 17.4 Å². The van der Waals surface area contributed by atoms with Gasteiger partial charge in [-0.15, -0.1) is 0 Å². The fraction of sp³-hybridized carbons (Fsp3) is 0. The molecule has 92 valence electrons. The van der Waals surface area contributed by atoms with Crippen molar-refractivity contribution in [2.45, 2.75) is 0 Å². The Balaban J connectivity index is 2.26. The number of H-pyrrole nitrogens is 1. The molecule has 8 heteroatoms. The molecule has 1 aromatic heterocycles. The van der Waals surface area contributed by atoms with Crippen LogP contribution in [-0.4, -0.2) is 21.0 Å². The molecule has 0 aliphatic rings. The molecular formula is C10H7FN4O3. The van der Waals surface area contributed by atoms with E-state index in [1.54, 1.807) is 0 Å². The number of nitrogens with zero attached hydrogens (tertiary/aromatic N) is 2. The smallest absolute Gasteiger partial charge is 0.305 e. The van der Waals surface area contributed by atoms with Crippen molar-refractivity contribution in [2.75, 3.05) is 5.32 Å². The van der Waals surface area contributed by atoms with Gasteiger partial charge in [0.1, 0.15) is 5.82 Å². The molecule has 2 rings (SSSR count). The zero-order valence-corrected chi connectivity index (χ0v) is 8.88. The maximum absolute atomic E-state index is 13.1. The van der Waals surface area contributed by atoms with Gasteiger partial charge in [0.2, 0.25) is 5.82 Å². The standard InChI is InChI=1S/C10H7FN4O3/c11-7-2-1-6(5-8(7)15(17)18)10(16)13-9-3-4-12-14-9/h1-5H,(H2,12,13,14,16). The molecule has 0 saturated carbocycles. The molecule has 18 heavy (non-hydrogen) atoms. The Kier molecular flexibility index (Phi) is 3.00. The second-order valence-corrected chi connectivity index (χ2v) is 3.35. The third kappa shape index (κ3) is 2.32. The van der Waals surface area contributed by atoms with E-state index in [9.17, 15) is 19.3 Å². The van der Waals surface area contributed by atoms with Crippen molar-refractivity contribution in [3.63, 3.8) is 0 Å². The molecule has 0 bridgehead atoms. The predicted octanol–water partition coefficient (Wildman–Crippen LogP) is 1.71. The highest BCUT2D eigenvalue weighted by atomic mass is 19.1. The summed E-state index contributed by atoms with van der Waals surface area (Å²) in [5, 5.41) is 19.1. The van der Waals surface area contributed by atoms with Crippen molar-refractivity contribution in [3.05, 3.63) is 52.0 Å². The average Bonchev–Trinajstić information content (AvgIpc) is 2.81. The Labute approximate surface area is 99.8 Å². The van der Waals surface area contributed by atoms with Crippen LogP contribution in [0.4, 0.5) is 15.9 Å². The van der Waals surface area contributed by atoms with Gasteiger partial charge in [-0.1, -0.05) is 0 Å². The van der Waals surface area contributed by atoms with Crippen molar-refractivity contribution in [2.24, 2.45) is 0 Å². The molecule has 0 fully saturated rings. The Morgan fingerprint density at radius 3 is 2.83 bits per heavy atom. The van der Waals surface area contributed by atoms with Gasteiger partial charge in [0.15, 0.2) is 0 Å². The normalized spacial score (nSPS) is 10.1. The van der Waals surface area contributed by atoms with Gasteiger partial charge in [-0.2, -0.15) is 9.49 Å².